The Kier molecular flexibility index (Phi) is 2.74. The first-order valence-electron chi connectivity index (χ1n) is 9.11. The summed E-state index contributed by atoms with van der Waals surface area (Å²) in [6.45, 7) is 0. The molecule has 1 aliphatic carbocycles. The molecule has 0 unspecified atom stereocenters. The molecule has 5 nitrogen and oxygen atoms in total. The smallest absolute Gasteiger partial charge is 0.270 e. The molecule has 1 aliphatic rings. The molecule has 5 heteroatoms. The number of aromatic nitrogens is 2. The highest BCUT2D eigenvalue weighted by atomic mass is 16.2. The number of nitrogens with one attached hydrogen (secondary N) is 1. The molecule has 0 atom stereocenters. The van der Waals surface area contributed by atoms with E-state index in [1.807, 2.05) is 54.6 Å². The number of benzene rings is 2. The van der Waals surface area contributed by atoms with Gasteiger partial charge in [-0.3, -0.25) is 14.0 Å². The van der Waals surface area contributed by atoms with Gasteiger partial charge in [-0.15, -0.1) is 0 Å². The van der Waals surface area contributed by atoms with Crippen LogP contribution in [0.4, 0.5) is 0 Å². The number of carbonyl (C=O) groups is 1. The number of nitrogens with zero attached hydrogens (tertiary/aromatic N) is 2. The maximum Gasteiger partial charge on any atom is 0.270 e. The number of pyridine rings is 2. The monoisotopic (exact) mass is 353 g/mol. The zero-order valence-corrected chi connectivity index (χ0v) is 14.4. The van der Waals surface area contributed by atoms with Gasteiger partial charge in [0.1, 0.15) is 5.69 Å². The third kappa shape index (κ3) is 1.96. The summed E-state index contributed by atoms with van der Waals surface area (Å²) in [4.78, 5) is 30.6. The lowest BCUT2D eigenvalue weighted by Gasteiger charge is -2.08. The molecule has 0 spiro atoms. The van der Waals surface area contributed by atoms with E-state index in [1.54, 1.807) is 4.40 Å². The SMILES string of the molecule is O=C(NC1CC1)c1cc2c3ccccc3n3c(=O)c4ccccc4c(n1)c23. The molecule has 3 aromatic heterocycles. The van der Waals surface area contributed by atoms with Crippen molar-refractivity contribution in [2.24, 2.45) is 0 Å². The molecular weight excluding hydrogens is 338 g/mol. The quantitative estimate of drug-likeness (QED) is 0.494. The van der Waals surface area contributed by atoms with Crippen LogP contribution in [-0.2, 0) is 0 Å². The van der Waals surface area contributed by atoms with Crippen molar-refractivity contribution in [2.45, 2.75) is 18.9 Å². The topological polar surface area (TPSA) is 63.5 Å². The molecule has 0 saturated heterocycles. The molecule has 0 aliphatic heterocycles. The maximum atomic E-state index is 13.2. The number of carbonyl (C=O) groups excluding carboxylic acids is 1. The van der Waals surface area contributed by atoms with Crippen molar-refractivity contribution < 1.29 is 4.79 Å². The predicted molar refractivity (Wildman–Crippen MR) is 106 cm³/mol. The van der Waals surface area contributed by atoms with Crippen molar-refractivity contribution in [3.05, 3.63) is 70.6 Å². The van der Waals surface area contributed by atoms with Crippen molar-refractivity contribution in [1.29, 1.82) is 0 Å². The van der Waals surface area contributed by atoms with Crippen LogP contribution in [0, 0.1) is 0 Å². The Labute approximate surface area is 153 Å². The van der Waals surface area contributed by atoms with E-state index in [9.17, 15) is 9.59 Å². The molecule has 2 aromatic carbocycles. The Bertz CT molecular complexity index is 1450. The highest BCUT2D eigenvalue weighted by molar-refractivity contribution is 6.20. The van der Waals surface area contributed by atoms with Crippen molar-refractivity contribution in [3.63, 3.8) is 0 Å². The number of para-hydroxylation sites is 1. The van der Waals surface area contributed by atoms with E-state index < -0.39 is 0 Å². The Morgan fingerprint density at radius 1 is 0.963 bits per heavy atom. The predicted octanol–water partition coefficient (Wildman–Crippen LogP) is 3.48. The van der Waals surface area contributed by atoms with E-state index >= 15 is 0 Å². The van der Waals surface area contributed by atoms with Gasteiger partial charge in [0.15, 0.2) is 0 Å². The van der Waals surface area contributed by atoms with Gasteiger partial charge in [0.25, 0.3) is 11.5 Å². The first kappa shape index (κ1) is 14.7. The summed E-state index contributed by atoms with van der Waals surface area (Å²) in [6.07, 6.45) is 2.05. The van der Waals surface area contributed by atoms with Gasteiger partial charge >= 0.3 is 0 Å². The van der Waals surface area contributed by atoms with Crippen LogP contribution < -0.4 is 10.9 Å². The second-order valence-electron chi connectivity index (χ2n) is 7.20. The molecule has 6 rings (SSSR count). The molecule has 130 valence electrons. The Balaban J connectivity index is 1.84. The lowest BCUT2D eigenvalue weighted by atomic mass is 10.1. The van der Waals surface area contributed by atoms with Crippen LogP contribution in [0.1, 0.15) is 23.3 Å². The largest absolute Gasteiger partial charge is 0.348 e. The van der Waals surface area contributed by atoms with Crippen LogP contribution in [0.3, 0.4) is 0 Å². The Morgan fingerprint density at radius 3 is 2.44 bits per heavy atom. The van der Waals surface area contributed by atoms with E-state index in [2.05, 4.69) is 5.32 Å². The van der Waals surface area contributed by atoms with E-state index in [-0.39, 0.29) is 17.5 Å². The normalized spacial score (nSPS) is 14.5. The average Bonchev–Trinajstić information content (AvgIpc) is 3.45. The molecule has 0 bridgehead atoms. The number of amides is 1. The molecule has 1 amide bonds. The summed E-state index contributed by atoms with van der Waals surface area (Å²) in [5, 5.41) is 6.25. The van der Waals surface area contributed by atoms with Crippen LogP contribution >= 0.6 is 0 Å². The second kappa shape index (κ2) is 5.04. The minimum absolute atomic E-state index is 0.0544. The fourth-order valence-corrected chi connectivity index (χ4v) is 3.99. The lowest BCUT2D eigenvalue weighted by molar-refractivity contribution is 0.0946. The first-order chi connectivity index (χ1) is 13.2. The van der Waals surface area contributed by atoms with Crippen LogP contribution in [0.5, 0.6) is 0 Å². The van der Waals surface area contributed by atoms with Crippen molar-refractivity contribution in [3.8, 4) is 0 Å². The third-order valence-corrected chi connectivity index (χ3v) is 5.41. The molecule has 5 aromatic rings. The highest BCUT2D eigenvalue weighted by Crippen LogP contribution is 2.33. The first-order valence-corrected chi connectivity index (χ1v) is 9.11. The standard InChI is InChI=1S/C22H15N3O2/c26-21(23-12-9-10-12)17-11-16-13-5-3-4-8-18(13)25-20(16)19(24-17)14-6-1-2-7-15(14)22(25)27/h1-8,11-12H,9-10H2,(H,23,26). The Morgan fingerprint density at radius 2 is 1.67 bits per heavy atom. The molecule has 1 fully saturated rings. The summed E-state index contributed by atoms with van der Waals surface area (Å²) in [7, 11) is 0. The number of hydrogen-bond donors (Lipinski definition) is 1. The molecule has 1 saturated carbocycles. The van der Waals surface area contributed by atoms with Gasteiger partial charge in [-0.05, 0) is 31.0 Å². The number of hydrogen-bond acceptors (Lipinski definition) is 3. The minimum atomic E-state index is -0.151. The van der Waals surface area contributed by atoms with Crippen molar-refractivity contribution >= 4 is 44.0 Å². The van der Waals surface area contributed by atoms with Gasteiger partial charge in [-0.25, -0.2) is 4.98 Å². The lowest BCUT2D eigenvalue weighted by Crippen LogP contribution is -2.26. The van der Waals surface area contributed by atoms with E-state index in [0.29, 0.717) is 16.6 Å². The van der Waals surface area contributed by atoms with Crippen LogP contribution in [-0.4, -0.2) is 21.3 Å². The van der Waals surface area contributed by atoms with Crippen LogP contribution in [0.2, 0.25) is 0 Å². The molecule has 27 heavy (non-hydrogen) atoms. The summed E-state index contributed by atoms with van der Waals surface area (Å²) in [5.41, 5.74) is 2.66. The molecule has 1 N–H and O–H groups in total. The molecular formula is C22H15N3O2. The summed E-state index contributed by atoms with van der Waals surface area (Å²) < 4.78 is 1.73. The van der Waals surface area contributed by atoms with Crippen LogP contribution in [0.25, 0.3) is 38.1 Å². The van der Waals surface area contributed by atoms with Crippen LogP contribution in [0.15, 0.2) is 59.4 Å². The fourth-order valence-electron chi connectivity index (χ4n) is 3.99. The maximum absolute atomic E-state index is 13.2. The number of rotatable bonds is 2. The van der Waals surface area contributed by atoms with Gasteiger partial charge in [-0.1, -0.05) is 36.4 Å². The second-order valence-corrected chi connectivity index (χ2v) is 7.20. The van der Waals surface area contributed by atoms with Gasteiger partial charge in [0.05, 0.1) is 16.6 Å². The minimum Gasteiger partial charge on any atom is -0.348 e. The Hall–Kier alpha value is -3.47. The van der Waals surface area contributed by atoms with E-state index in [1.165, 1.54) is 0 Å². The number of fused-ring (bicyclic) bond motifs is 5. The fraction of sp³-hybridized carbons (Fsp3) is 0.136. The van der Waals surface area contributed by atoms with Crippen molar-refractivity contribution in [2.75, 3.05) is 0 Å². The highest BCUT2D eigenvalue weighted by Gasteiger charge is 2.26. The van der Waals surface area contributed by atoms with Gasteiger partial charge < -0.3 is 5.32 Å². The van der Waals surface area contributed by atoms with Crippen molar-refractivity contribution in [1.82, 2.24) is 14.7 Å². The van der Waals surface area contributed by atoms with Gasteiger partial charge in [-0.2, -0.15) is 0 Å². The van der Waals surface area contributed by atoms with E-state index in [4.69, 9.17) is 4.98 Å². The summed E-state index contributed by atoms with van der Waals surface area (Å²) in [6, 6.07) is 17.4. The zero-order chi connectivity index (χ0) is 18.1. The zero-order valence-electron chi connectivity index (χ0n) is 14.4. The van der Waals surface area contributed by atoms with Gasteiger partial charge in [0, 0.05) is 27.6 Å². The third-order valence-electron chi connectivity index (χ3n) is 5.41. The summed E-state index contributed by atoms with van der Waals surface area (Å²) >= 11 is 0. The summed E-state index contributed by atoms with van der Waals surface area (Å²) in [5.74, 6) is -0.151. The molecule has 3 heterocycles. The average molecular weight is 353 g/mol. The van der Waals surface area contributed by atoms with E-state index in [0.717, 1.165) is 40.0 Å². The van der Waals surface area contributed by atoms with Gasteiger partial charge in [0.2, 0.25) is 0 Å². The molecule has 0 radical (unpaired) electrons.